The van der Waals surface area contributed by atoms with Crippen LogP contribution in [0.4, 0.5) is 5.69 Å². The van der Waals surface area contributed by atoms with Gasteiger partial charge < -0.3 is 19.7 Å². The summed E-state index contributed by atoms with van der Waals surface area (Å²) in [6, 6.07) is 5.16. The molecule has 146 valence electrons. The van der Waals surface area contributed by atoms with Crippen LogP contribution >= 0.6 is 11.6 Å². The lowest BCUT2D eigenvalue weighted by Gasteiger charge is -2.19. The first-order chi connectivity index (χ1) is 12.9. The Morgan fingerprint density at radius 3 is 2.41 bits per heavy atom. The lowest BCUT2D eigenvalue weighted by molar-refractivity contribution is -0.159. The first kappa shape index (κ1) is 20.7. The molecule has 1 unspecified atom stereocenters. The first-order valence-corrected chi connectivity index (χ1v) is 8.94. The van der Waals surface area contributed by atoms with E-state index in [4.69, 9.17) is 21.1 Å². The second kappa shape index (κ2) is 9.36. The zero-order valence-corrected chi connectivity index (χ0v) is 15.8. The van der Waals surface area contributed by atoms with Crippen molar-refractivity contribution in [3.63, 3.8) is 0 Å². The van der Waals surface area contributed by atoms with Gasteiger partial charge in [-0.25, -0.2) is 9.59 Å². The molecule has 2 amide bonds. The minimum Gasteiger partial charge on any atom is -0.464 e. The van der Waals surface area contributed by atoms with Crippen LogP contribution in [0.15, 0.2) is 24.3 Å². The fourth-order valence-electron chi connectivity index (χ4n) is 2.70. The molecule has 0 aromatic heterocycles. The number of nitrogens with zero attached hydrogens (tertiary/aromatic N) is 1. The van der Waals surface area contributed by atoms with Crippen molar-refractivity contribution >= 4 is 41.0 Å². The van der Waals surface area contributed by atoms with Gasteiger partial charge in [-0.05, 0) is 32.0 Å². The standard InChI is InChI=1S/C18H21ClN2O6/c1-3-26-17(24)15(18(25)27-4-2)20-16(23)11-8-14(22)21(10-11)13-7-5-6-12(19)9-13/h5-7,9,11,15H,3-4,8,10H2,1-2H3,(H,20,23). The Balaban J connectivity index is 2.08. The Kier molecular flexibility index (Phi) is 7.18. The quantitative estimate of drug-likeness (QED) is 0.550. The second-order valence-corrected chi connectivity index (χ2v) is 6.27. The number of benzene rings is 1. The van der Waals surface area contributed by atoms with Crippen molar-refractivity contribution in [2.24, 2.45) is 5.92 Å². The average molecular weight is 397 g/mol. The highest BCUT2D eigenvalue weighted by molar-refractivity contribution is 6.31. The van der Waals surface area contributed by atoms with Gasteiger partial charge in [0.05, 0.1) is 19.1 Å². The van der Waals surface area contributed by atoms with E-state index in [2.05, 4.69) is 5.32 Å². The summed E-state index contributed by atoms with van der Waals surface area (Å²) in [7, 11) is 0. The smallest absolute Gasteiger partial charge is 0.340 e. The topological polar surface area (TPSA) is 102 Å². The largest absolute Gasteiger partial charge is 0.464 e. The third kappa shape index (κ3) is 5.19. The third-order valence-corrected chi connectivity index (χ3v) is 4.18. The minimum atomic E-state index is -1.56. The van der Waals surface area contributed by atoms with E-state index in [9.17, 15) is 19.2 Å². The molecular weight excluding hydrogens is 376 g/mol. The van der Waals surface area contributed by atoms with Gasteiger partial charge in [-0.1, -0.05) is 17.7 Å². The molecule has 9 heteroatoms. The Labute approximate surface area is 161 Å². The summed E-state index contributed by atoms with van der Waals surface area (Å²) in [5.41, 5.74) is 0.579. The van der Waals surface area contributed by atoms with Gasteiger partial charge in [0, 0.05) is 23.7 Å². The maximum Gasteiger partial charge on any atom is 0.340 e. The molecule has 1 saturated heterocycles. The number of rotatable bonds is 7. The summed E-state index contributed by atoms with van der Waals surface area (Å²) >= 11 is 5.95. The Bertz CT molecular complexity index is 720. The molecule has 1 aromatic carbocycles. The molecule has 1 heterocycles. The van der Waals surface area contributed by atoms with Crippen molar-refractivity contribution in [1.82, 2.24) is 5.32 Å². The number of esters is 2. The van der Waals surface area contributed by atoms with Crippen LogP contribution < -0.4 is 10.2 Å². The van der Waals surface area contributed by atoms with Gasteiger partial charge in [0.2, 0.25) is 17.9 Å². The van der Waals surface area contributed by atoms with Crippen molar-refractivity contribution in [1.29, 1.82) is 0 Å². The molecule has 1 fully saturated rings. The zero-order valence-electron chi connectivity index (χ0n) is 15.1. The Morgan fingerprint density at radius 1 is 1.22 bits per heavy atom. The molecule has 27 heavy (non-hydrogen) atoms. The first-order valence-electron chi connectivity index (χ1n) is 8.56. The fraction of sp³-hybridized carbons (Fsp3) is 0.444. The van der Waals surface area contributed by atoms with Gasteiger partial charge in [0.1, 0.15) is 0 Å². The predicted molar refractivity (Wildman–Crippen MR) is 97.1 cm³/mol. The molecule has 0 saturated carbocycles. The molecule has 1 N–H and O–H groups in total. The number of carbonyl (C=O) groups is 4. The van der Waals surface area contributed by atoms with Gasteiger partial charge in [-0.2, -0.15) is 0 Å². The lowest BCUT2D eigenvalue weighted by Crippen LogP contribution is -2.50. The number of hydrogen-bond acceptors (Lipinski definition) is 6. The summed E-state index contributed by atoms with van der Waals surface area (Å²) in [5, 5.41) is 2.81. The van der Waals surface area contributed by atoms with Crippen molar-refractivity contribution < 1.29 is 28.7 Å². The van der Waals surface area contributed by atoms with E-state index in [0.29, 0.717) is 10.7 Å². The van der Waals surface area contributed by atoms with Gasteiger partial charge in [0.15, 0.2) is 0 Å². The molecule has 1 aliphatic heterocycles. The molecule has 8 nitrogen and oxygen atoms in total. The second-order valence-electron chi connectivity index (χ2n) is 5.83. The SMILES string of the molecule is CCOC(=O)C(NC(=O)C1CC(=O)N(c2cccc(Cl)c2)C1)C(=O)OCC. The molecule has 0 spiro atoms. The zero-order chi connectivity index (χ0) is 20.0. The molecular formula is C18H21ClN2O6. The average Bonchev–Trinajstić information content (AvgIpc) is 3.01. The lowest BCUT2D eigenvalue weighted by atomic mass is 10.1. The van der Waals surface area contributed by atoms with Crippen LogP contribution in [-0.2, 0) is 28.7 Å². The summed E-state index contributed by atoms with van der Waals surface area (Å²) in [6.45, 7) is 3.38. The highest BCUT2D eigenvalue weighted by Gasteiger charge is 2.39. The van der Waals surface area contributed by atoms with Crippen LogP contribution in [0.3, 0.4) is 0 Å². The number of amides is 2. The van der Waals surface area contributed by atoms with E-state index in [1.165, 1.54) is 4.90 Å². The number of nitrogens with one attached hydrogen (secondary N) is 1. The molecule has 0 radical (unpaired) electrons. The van der Waals surface area contributed by atoms with Crippen LogP contribution in [0.25, 0.3) is 0 Å². The van der Waals surface area contributed by atoms with Crippen molar-refractivity contribution in [2.75, 3.05) is 24.7 Å². The van der Waals surface area contributed by atoms with Gasteiger partial charge in [0.25, 0.3) is 0 Å². The molecule has 1 aliphatic rings. The number of ether oxygens (including phenoxy) is 2. The van der Waals surface area contributed by atoms with Gasteiger partial charge >= 0.3 is 11.9 Å². The maximum atomic E-state index is 12.5. The van der Waals surface area contributed by atoms with Crippen LogP contribution in [0.1, 0.15) is 20.3 Å². The molecule has 2 rings (SSSR count). The number of anilines is 1. The van der Waals surface area contributed by atoms with Crippen LogP contribution in [0.5, 0.6) is 0 Å². The summed E-state index contributed by atoms with van der Waals surface area (Å²) < 4.78 is 9.63. The van der Waals surface area contributed by atoms with Crippen molar-refractivity contribution in [3.05, 3.63) is 29.3 Å². The van der Waals surface area contributed by atoms with Gasteiger partial charge in [-0.3, -0.25) is 9.59 Å². The number of hydrogen-bond donors (Lipinski definition) is 1. The van der Waals surface area contributed by atoms with Crippen LogP contribution in [0.2, 0.25) is 5.02 Å². The summed E-state index contributed by atoms with van der Waals surface area (Å²) in [6.07, 6.45) is -0.0449. The third-order valence-electron chi connectivity index (χ3n) is 3.95. The molecule has 0 bridgehead atoms. The number of carbonyl (C=O) groups excluding carboxylic acids is 4. The van der Waals surface area contributed by atoms with Crippen molar-refractivity contribution in [2.45, 2.75) is 26.3 Å². The predicted octanol–water partition coefficient (Wildman–Crippen LogP) is 1.30. The molecule has 1 aromatic rings. The fourth-order valence-corrected chi connectivity index (χ4v) is 2.89. The van der Waals surface area contributed by atoms with E-state index in [1.807, 2.05) is 0 Å². The normalized spacial score (nSPS) is 16.4. The van der Waals surface area contributed by atoms with Crippen molar-refractivity contribution in [3.8, 4) is 0 Å². The maximum absolute atomic E-state index is 12.5. The van der Waals surface area contributed by atoms with E-state index in [-0.39, 0.29) is 32.1 Å². The summed E-state index contributed by atoms with van der Waals surface area (Å²) in [4.78, 5) is 50.2. The van der Waals surface area contributed by atoms with Crippen LogP contribution in [-0.4, -0.2) is 49.6 Å². The highest BCUT2D eigenvalue weighted by Crippen LogP contribution is 2.27. The molecule has 0 aliphatic carbocycles. The van der Waals surface area contributed by atoms with E-state index < -0.39 is 29.8 Å². The Hall–Kier alpha value is -2.61. The van der Waals surface area contributed by atoms with Gasteiger partial charge in [-0.15, -0.1) is 0 Å². The van der Waals surface area contributed by atoms with E-state index in [0.717, 1.165) is 0 Å². The van der Waals surface area contributed by atoms with E-state index >= 15 is 0 Å². The number of halogens is 1. The van der Waals surface area contributed by atoms with Crippen LogP contribution in [0, 0.1) is 5.92 Å². The minimum absolute atomic E-state index is 0.0449. The van der Waals surface area contributed by atoms with E-state index in [1.54, 1.807) is 38.1 Å². The highest BCUT2D eigenvalue weighted by atomic mass is 35.5. The summed E-state index contributed by atoms with van der Waals surface area (Å²) in [5.74, 6) is -3.37. The Morgan fingerprint density at radius 2 is 1.85 bits per heavy atom. The molecule has 1 atom stereocenters. The monoisotopic (exact) mass is 396 g/mol.